The van der Waals surface area contributed by atoms with Gasteiger partial charge in [-0.25, -0.2) is 0 Å². The number of H-pyrrole nitrogens is 1. The smallest absolute Gasteiger partial charge is 0.271 e. The van der Waals surface area contributed by atoms with E-state index in [1.807, 2.05) is 18.2 Å². The molecule has 1 aromatic carbocycles. The number of nitrogens with zero attached hydrogens (tertiary/aromatic N) is 3. The van der Waals surface area contributed by atoms with Gasteiger partial charge < -0.3 is 10.5 Å². The number of hydrogen-bond donors (Lipinski definition) is 2. The molecule has 2 heterocycles. The second-order valence-electron chi connectivity index (χ2n) is 6.37. The van der Waals surface area contributed by atoms with Gasteiger partial charge in [0.2, 0.25) is 0 Å². The molecule has 0 bridgehead atoms. The van der Waals surface area contributed by atoms with Gasteiger partial charge in [-0.2, -0.15) is 15.4 Å². The molecule has 1 aromatic heterocycles. The fourth-order valence-corrected chi connectivity index (χ4v) is 3.11. The molecule has 1 amide bonds. The number of ether oxygens (including phenoxy) is 1. The number of rotatable bonds is 5. The van der Waals surface area contributed by atoms with Crippen molar-refractivity contribution in [3.05, 3.63) is 29.5 Å². The van der Waals surface area contributed by atoms with Crippen LogP contribution in [0.5, 0.6) is 5.75 Å². The Labute approximate surface area is 141 Å². The fourth-order valence-electron chi connectivity index (χ4n) is 3.11. The first-order valence-electron chi connectivity index (χ1n) is 8.18. The van der Waals surface area contributed by atoms with Gasteiger partial charge in [0.25, 0.3) is 5.91 Å². The molecule has 3 N–H and O–H groups in total. The van der Waals surface area contributed by atoms with E-state index < -0.39 is 5.91 Å². The van der Waals surface area contributed by atoms with Crippen molar-refractivity contribution in [2.24, 2.45) is 11.7 Å². The van der Waals surface area contributed by atoms with Crippen LogP contribution in [0.4, 0.5) is 0 Å². The minimum atomic E-state index is -0.596. The van der Waals surface area contributed by atoms with Crippen molar-refractivity contribution in [2.45, 2.75) is 26.3 Å². The first-order chi connectivity index (χ1) is 11.6. The predicted octanol–water partition coefficient (Wildman–Crippen LogP) is 1.81. The van der Waals surface area contributed by atoms with Crippen molar-refractivity contribution >= 4 is 5.91 Å². The highest BCUT2D eigenvalue weighted by Gasteiger charge is 2.20. The molecule has 24 heavy (non-hydrogen) atoms. The molecule has 7 nitrogen and oxygen atoms in total. The minimum Gasteiger partial charge on any atom is -0.496 e. The number of carbonyl (C=O) groups is 1. The third-order valence-electron chi connectivity index (χ3n) is 4.61. The minimum absolute atomic E-state index is 0.151. The van der Waals surface area contributed by atoms with Crippen LogP contribution in [-0.4, -0.2) is 46.4 Å². The van der Waals surface area contributed by atoms with Gasteiger partial charge in [0, 0.05) is 17.7 Å². The van der Waals surface area contributed by atoms with Crippen LogP contribution >= 0.6 is 0 Å². The number of hydrogen-bond acceptors (Lipinski definition) is 5. The van der Waals surface area contributed by atoms with E-state index in [2.05, 4.69) is 27.2 Å². The molecule has 0 spiro atoms. The Bertz CT molecular complexity index is 720. The van der Waals surface area contributed by atoms with Crippen molar-refractivity contribution in [1.29, 1.82) is 0 Å². The maximum atomic E-state index is 11.5. The molecule has 1 aliphatic heterocycles. The van der Waals surface area contributed by atoms with Gasteiger partial charge in [0.15, 0.2) is 5.69 Å². The Balaban J connectivity index is 1.88. The van der Waals surface area contributed by atoms with Crippen LogP contribution in [-0.2, 0) is 6.54 Å². The summed E-state index contributed by atoms with van der Waals surface area (Å²) in [6.07, 6.45) is 2.44. The van der Waals surface area contributed by atoms with Crippen molar-refractivity contribution in [3.63, 3.8) is 0 Å². The number of piperidine rings is 1. The van der Waals surface area contributed by atoms with Crippen molar-refractivity contribution in [3.8, 4) is 17.0 Å². The van der Waals surface area contributed by atoms with E-state index in [-0.39, 0.29) is 5.69 Å². The number of carbonyl (C=O) groups excluding carboxylic acids is 1. The van der Waals surface area contributed by atoms with E-state index >= 15 is 0 Å². The summed E-state index contributed by atoms with van der Waals surface area (Å²) in [4.78, 5) is 13.9. The van der Waals surface area contributed by atoms with Crippen LogP contribution in [0, 0.1) is 5.92 Å². The average molecular weight is 329 g/mol. The SMILES string of the molecule is COc1ccc(-c2n[nH]nc2C(N)=O)cc1CN1CCC(C)CC1. The quantitative estimate of drug-likeness (QED) is 0.872. The Morgan fingerprint density at radius 1 is 1.38 bits per heavy atom. The predicted molar refractivity (Wildman–Crippen MR) is 90.6 cm³/mol. The van der Waals surface area contributed by atoms with Crippen molar-refractivity contribution in [2.75, 3.05) is 20.2 Å². The Kier molecular flexibility index (Phi) is 4.80. The number of methoxy groups -OCH3 is 1. The number of primary amides is 1. The second-order valence-corrected chi connectivity index (χ2v) is 6.37. The highest BCUT2D eigenvalue weighted by Crippen LogP contribution is 2.29. The highest BCUT2D eigenvalue weighted by molar-refractivity contribution is 5.96. The lowest BCUT2D eigenvalue weighted by molar-refractivity contribution is 0.0996. The van der Waals surface area contributed by atoms with Gasteiger partial charge in [-0.15, -0.1) is 0 Å². The highest BCUT2D eigenvalue weighted by atomic mass is 16.5. The first-order valence-corrected chi connectivity index (χ1v) is 8.18. The Morgan fingerprint density at radius 2 is 2.12 bits per heavy atom. The summed E-state index contributed by atoms with van der Waals surface area (Å²) >= 11 is 0. The number of benzene rings is 1. The van der Waals surface area contributed by atoms with Gasteiger partial charge in [-0.3, -0.25) is 9.69 Å². The van der Waals surface area contributed by atoms with Crippen LogP contribution in [0.25, 0.3) is 11.3 Å². The summed E-state index contributed by atoms with van der Waals surface area (Å²) in [5.41, 5.74) is 7.86. The molecule has 128 valence electrons. The average Bonchev–Trinajstić information content (AvgIpc) is 3.07. The zero-order chi connectivity index (χ0) is 17.1. The zero-order valence-electron chi connectivity index (χ0n) is 14.1. The Hall–Kier alpha value is -2.41. The van der Waals surface area contributed by atoms with E-state index in [1.165, 1.54) is 12.8 Å². The topological polar surface area (TPSA) is 97.1 Å². The summed E-state index contributed by atoms with van der Waals surface area (Å²) in [5.74, 6) is 1.03. The number of amides is 1. The maximum absolute atomic E-state index is 11.5. The first kappa shape index (κ1) is 16.4. The van der Waals surface area contributed by atoms with Gasteiger partial charge in [0.1, 0.15) is 11.4 Å². The largest absolute Gasteiger partial charge is 0.496 e. The third-order valence-corrected chi connectivity index (χ3v) is 4.61. The summed E-state index contributed by atoms with van der Waals surface area (Å²) < 4.78 is 5.50. The molecule has 3 rings (SSSR count). The summed E-state index contributed by atoms with van der Waals surface area (Å²) in [5, 5.41) is 10.4. The van der Waals surface area contributed by atoms with E-state index in [0.29, 0.717) is 5.69 Å². The van der Waals surface area contributed by atoms with Crippen LogP contribution in [0.3, 0.4) is 0 Å². The molecule has 0 saturated carbocycles. The molecule has 7 heteroatoms. The summed E-state index contributed by atoms with van der Waals surface area (Å²) in [6.45, 7) is 5.29. The third kappa shape index (κ3) is 3.41. The molecule has 1 aliphatic rings. The molecule has 2 aromatic rings. The number of nitrogens with two attached hydrogens (primary N) is 1. The number of likely N-dealkylation sites (tertiary alicyclic amines) is 1. The molecule has 0 aliphatic carbocycles. The lowest BCUT2D eigenvalue weighted by atomic mass is 9.98. The van der Waals surface area contributed by atoms with E-state index in [1.54, 1.807) is 7.11 Å². The summed E-state index contributed by atoms with van der Waals surface area (Å²) in [7, 11) is 1.67. The van der Waals surface area contributed by atoms with Gasteiger partial charge in [-0.05, 0) is 50.0 Å². The van der Waals surface area contributed by atoms with Crippen molar-refractivity contribution in [1.82, 2.24) is 20.3 Å². The lowest BCUT2D eigenvalue weighted by Crippen LogP contribution is -2.32. The van der Waals surface area contributed by atoms with Crippen LogP contribution < -0.4 is 10.5 Å². The molecule has 0 atom stereocenters. The number of aromatic nitrogens is 3. The molecular formula is C17H23N5O2. The number of aromatic amines is 1. The maximum Gasteiger partial charge on any atom is 0.271 e. The molecular weight excluding hydrogens is 306 g/mol. The normalized spacial score (nSPS) is 16.2. The lowest BCUT2D eigenvalue weighted by Gasteiger charge is -2.30. The van der Waals surface area contributed by atoms with E-state index in [4.69, 9.17) is 10.5 Å². The van der Waals surface area contributed by atoms with Crippen LogP contribution in [0.1, 0.15) is 35.8 Å². The summed E-state index contributed by atoms with van der Waals surface area (Å²) in [6, 6.07) is 5.77. The van der Waals surface area contributed by atoms with Gasteiger partial charge in [-0.1, -0.05) is 6.92 Å². The molecule has 1 fully saturated rings. The number of nitrogens with one attached hydrogen (secondary N) is 1. The molecule has 1 saturated heterocycles. The van der Waals surface area contributed by atoms with Crippen LogP contribution in [0.2, 0.25) is 0 Å². The molecule has 0 unspecified atom stereocenters. The van der Waals surface area contributed by atoms with E-state index in [9.17, 15) is 4.79 Å². The fraction of sp³-hybridized carbons (Fsp3) is 0.471. The zero-order valence-corrected chi connectivity index (χ0v) is 14.1. The van der Waals surface area contributed by atoms with Gasteiger partial charge >= 0.3 is 0 Å². The van der Waals surface area contributed by atoms with Crippen LogP contribution in [0.15, 0.2) is 18.2 Å². The standard InChI is InChI=1S/C17H23N5O2/c1-11-5-7-22(8-6-11)10-13-9-12(3-4-14(13)24-2)15-16(17(18)23)20-21-19-15/h3-4,9,11H,5-8,10H2,1-2H3,(H2,18,23)(H,19,20,21). The molecule has 0 radical (unpaired) electrons. The van der Waals surface area contributed by atoms with Gasteiger partial charge in [0.05, 0.1) is 7.11 Å². The van der Waals surface area contributed by atoms with Crippen molar-refractivity contribution < 1.29 is 9.53 Å². The van der Waals surface area contributed by atoms with E-state index in [0.717, 1.165) is 42.4 Å². The second kappa shape index (κ2) is 7.00. The monoisotopic (exact) mass is 329 g/mol. The Morgan fingerprint density at radius 3 is 2.79 bits per heavy atom.